The first-order chi connectivity index (χ1) is 9.16. The van der Waals surface area contributed by atoms with Gasteiger partial charge in [-0.25, -0.2) is 4.39 Å². The molecule has 0 N–H and O–H groups in total. The molecule has 2 unspecified atom stereocenters. The van der Waals surface area contributed by atoms with Crippen LogP contribution in [0.4, 0.5) is 4.39 Å². The molecular weight excluding hydrogens is 237 g/mol. The van der Waals surface area contributed by atoms with Gasteiger partial charge < -0.3 is 4.90 Å². The Balaban J connectivity index is 1.77. The molecule has 3 rings (SSSR count). The molecule has 108 valence electrons. The summed E-state index contributed by atoms with van der Waals surface area (Å²) in [5, 5.41) is 0. The Morgan fingerprint density at radius 1 is 1.05 bits per heavy atom. The molecule has 0 aromatic rings. The van der Waals surface area contributed by atoms with Crippen molar-refractivity contribution in [2.75, 3.05) is 0 Å². The summed E-state index contributed by atoms with van der Waals surface area (Å²) < 4.78 is 13.4. The molecule has 2 aliphatic carbocycles. The van der Waals surface area contributed by atoms with Crippen molar-refractivity contribution in [2.45, 2.75) is 83.5 Å². The van der Waals surface area contributed by atoms with Gasteiger partial charge in [0, 0.05) is 18.0 Å². The molecule has 0 spiro atoms. The SMILES string of the molecule is CC(C)N1C=C(C2CCC(F)CC2)C2CCCCC21. The fraction of sp³-hybridized carbons (Fsp3) is 0.882. The lowest BCUT2D eigenvalue weighted by Crippen LogP contribution is -2.38. The van der Waals surface area contributed by atoms with Crippen molar-refractivity contribution in [2.24, 2.45) is 11.8 Å². The van der Waals surface area contributed by atoms with Crippen LogP contribution in [0.1, 0.15) is 65.2 Å². The molecule has 19 heavy (non-hydrogen) atoms. The molecule has 1 aliphatic heterocycles. The highest BCUT2D eigenvalue weighted by Gasteiger charge is 2.40. The fourth-order valence-electron chi connectivity index (χ4n) is 4.55. The molecule has 0 aromatic carbocycles. The Kier molecular flexibility index (Phi) is 3.86. The molecular formula is C17H28FN. The van der Waals surface area contributed by atoms with Crippen molar-refractivity contribution in [1.82, 2.24) is 4.90 Å². The third-order valence-corrected chi connectivity index (χ3v) is 5.56. The van der Waals surface area contributed by atoms with Crippen LogP contribution in [-0.2, 0) is 0 Å². The van der Waals surface area contributed by atoms with Gasteiger partial charge in [0.1, 0.15) is 6.17 Å². The lowest BCUT2D eigenvalue weighted by atomic mass is 9.73. The lowest BCUT2D eigenvalue weighted by molar-refractivity contribution is 0.161. The highest BCUT2D eigenvalue weighted by molar-refractivity contribution is 5.22. The number of alkyl halides is 1. The highest BCUT2D eigenvalue weighted by Crippen LogP contribution is 2.46. The molecule has 2 fully saturated rings. The molecule has 0 aromatic heterocycles. The molecule has 3 aliphatic rings. The van der Waals surface area contributed by atoms with Gasteiger partial charge in [0.25, 0.3) is 0 Å². The minimum absolute atomic E-state index is 0.526. The van der Waals surface area contributed by atoms with Crippen LogP contribution in [0.15, 0.2) is 11.8 Å². The van der Waals surface area contributed by atoms with Crippen molar-refractivity contribution < 1.29 is 4.39 Å². The maximum absolute atomic E-state index is 13.4. The van der Waals surface area contributed by atoms with Crippen LogP contribution in [0.25, 0.3) is 0 Å². The topological polar surface area (TPSA) is 3.24 Å². The maximum atomic E-state index is 13.4. The quantitative estimate of drug-likeness (QED) is 0.700. The van der Waals surface area contributed by atoms with Crippen LogP contribution >= 0.6 is 0 Å². The summed E-state index contributed by atoms with van der Waals surface area (Å²) in [5.41, 5.74) is 1.69. The van der Waals surface area contributed by atoms with Crippen LogP contribution in [0.3, 0.4) is 0 Å². The minimum Gasteiger partial charge on any atom is -0.371 e. The number of hydrogen-bond acceptors (Lipinski definition) is 1. The van der Waals surface area contributed by atoms with Crippen LogP contribution < -0.4 is 0 Å². The first-order valence-electron chi connectivity index (χ1n) is 8.30. The zero-order valence-electron chi connectivity index (χ0n) is 12.4. The van der Waals surface area contributed by atoms with E-state index >= 15 is 0 Å². The second-order valence-electron chi connectivity index (χ2n) is 7.08. The Morgan fingerprint density at radius 2 is 1.74 bits per heavy atom. The van der Waals surface area contributed by atoms with Gasteiger partial charge in [-0.3, -0.25) is 0 Å². The van der Waals surface area contributed by atoms with E-state index in [4.69, 9.17) is 0 Å². The largest absolute Gasteiger partial charge is 0.371 e. The fourth-order valence-corrected chi connectivity index (χ4v) is 4.55. The average Bonchev–Trinajstić information content (AvgIpc) is 2.79. The van der Waals surface area contributed by atoms with Crippen LogP contribution in [-0.4, -0.2) is 23.2 Å². The summed E-state index contributed by atoms with van der Waals surface area (Å²) >= 11 is 0. The number of hydrogen-bond donors (Lipinski definition) is 0. The zero-order chi connectivity index (χ0) is 13.4. The first-order valence-corrected chi connectivity index (χ1v) is 8.30. The zero-order valence-corrected chi connectivity index (χ0v) is 12.4. The van der Waals surface area contributed by atoms with Crippen LogP contribution in [0, 0.1) is 11.8 Å². The standard InChI is InChI=1S/C17H28FN/c1-12(2)19-11-16(13-7-9-14(18)10-8-13)15-5-3-4-6-17(15)19/h11-15,17H,3-10H2,1-2H3. The lowest BCUT2D eigenvalue weighted by Gasteiger charge is -2.37. The van der Waals surface area contributed by atoms with E-state index in [2.05, 4.69) is 24.9 Å². The first kappa shape index (κ1) is 13.5. The Labute approximate surface area is 117 Å². The number of halogens is 1. The van der Waals surface area contributed by atoms with Crippen molar-refractivity contribution in [3.63, 3.8) is 0 Å². The molecule has 2 heteroatoms. The third-order valence-electron chi connectivity index (χ3n) is 5.56. The van der Waals surface area contributed by atoms with Gasteiger partial charge in [-0.05, 0) is 70.1 Å². The second-order valence-corrected chi connectivity index (χ2v) is 7.08. The van der Waals surface area contributed by atoms with Crippen molar-refractivity contribution in [1.29, 1.82) is 0 Å². The molecule has 0 saturated heterocycles. The van der Waals surface area contributed by atoms with Gasteiger partial charge in [0.15, 0.2) is 0 Å². The molecule has 1 nitrogen and oxygen atoms in total. The summed E-state index contributed by atoms with van der Waals surface area (Å²) in [6, 6.07) is 1.37. The predicted molar refractivity (Wildman–Crippen MR) is 77.7 cm³/mol. The molecule has 0 bridgehead atoms. The summed E-state index contributed by atoms with van der Waals surface area (Å²) in [5.74, 6) is 1.47. The van der Waals surface area contributed by atoms with Crippen LogP contribution in [0.2, 0.25) is 0 Å². The average molecular weight is 265 g/mol. The summed E-state index contributed by atoms with van der Waals surface area (Å²) in [6.07, 6.45) is 11.2. The normalized spacial score (nSPS) is 39.4. The third kappa shape index (κ3) is 2.55. The van der Waals surface area contributed by atoms with Crippen molar-refractivity contribution >= 4 is 0 Å². The van der Waals surface area contributed by atoms with E-state index < -0.39 is 6.17 Å². The Bertz CT molecular complexity index is 341. The van der Waals surface area contributed by atoms with E-state index in [9.17, 15) is 4.39 Å². The summed E-state index contributed by atoms with van der Waals surface area (Å²) in [4.78, 5) is 2.61. The van der Waals surface area contributed by atoms with Gasteiger partial charge in [-0.1, -0.05) is 12.8 Å². The maximum Gasteiger partial charge on any atom is 0.100 e. The Hall–Kier alpha value is -0.530. The molecule has 1 heterocycles. The van der Waals surface area contributed by atoms with Gasteiger partial charge in [-0.15, -0.1) is 0 Å². The monoisotopic (exact) mass is 265 g/mol. The van der Waals surface area contributed by atoms with E-state index in [1.807, 2.05) is 0 Å². The predicted octanol–water partition coefficient (Wildman–Crippen LogP) is 4.68. The number of fused-ring (bicyclic) bond motifs is 1. The van der Waals surface area contributed by atoms with E-state index in [1.54, 1.807) is 5.57 Å². The Morgan fingerprint density at radius 3 is 2.42 bits per heavy atom. The van der Waals surface area contributed by atoms with E-state index in [0.29, 0.717) is 12.0 Å². The van der Waals surface area contributed by atoms with Crippen molar-refractivity contribution in [3.05, 3.63) is 11.8 Å². The smallest absolute Gasteiger partial charge is 0.100 e. The molecule has 0 amide bonds. The van der Waals surface area contributed by atoms with Gasteiger partial charge in [0.05, 0.1) is 0 Å². The number of rotatable bonds is 2. The molecule has 2 saturated carbocycles. The highest BCUT2D eigenvalue weighted by atomic mass is 19.1. The van der Waals surface area contributed by atoms with Gasteiger partial charge in [0.2, 0.25) is 0 Å². The van der Waals surface area contributed by atoms with E-state index in [0.717, 1.165) is 37.6 Å². The van der Waals surface area contributed by atoms with Gasteiger partial charge >= 0.3 is 0 Å². The van der Waals surface area contributed by atoms with E-state index in [-0.39, 0.29) is 0 Å². The molecule has 2 atom stereocenters. The molecule has 0 radical (unpaired) electrons. The summed E-state index contributed by atoms with van der Waals surface area (Å²) in [6.45, 7) is 4.62. The second kappa shape index (κ2) is 5.46. The van der Waals surface area contributed by atoms with Crippen LogP contribution in [0.5, 0.6) is 0 Å². The minimum atomic E-state index is -0.526. The van der Waals surface area contributed by atoms with E-state index in [1.165, 1.54) is 25.7 Å². The van der Waals surface area contributed by atoms with Crippen molar-refractivity contribution in [3.8, 4) is 0 Å². The number of nitrogens with zero attached hydrogens (tertiary/aromatic N) is 1. The summed E-state index contributed by atoms with van der Waals surface area (Å²) in [7, 11) is 0. The van der Waals surface area contributed by atoms with Gasteiger partial charge in [-0.2, -0.15) is 0 Å².